The predicted molar refractivity (Wildman–Crippen MR) is 243 cm³/mol. The summed E-state index contributed by atoms with van der Waals surface area (Å²) in [6.45, 7) is 15.9. The van der Waals surface area contributed by atoms with Crippen LogP contribution in [0.1, 0.15) is 76.8 Å². The molecule has 2 aromatic carbocycles. The summed E-state index contributed by atoms with van der Waals surface area (Å²) in [5, 5.41) is 5.59. The molecule has 6 bridgehead atoms. The Morgan fingerprint density at radius 3 is 2.61 bits per heavy atom. The van der Waals surface area contributed by atoms with Crippen molar-refractivity contribution in [1.82, 2.24) is 35.1 Å². The number of esters is 1. The number of likely N-dealkylation sites (N-methyl/N-ethyl adjacent to an activating group) is 1. The number of carbonyl (C=O) groups is 5. The molecule has 4 amide bonds. The van der Waals surface area contributed by atoms with E-state index in [1.807, 2.05) is 45.2 Å². The fourth-order valence-electron chi connectivity index (χ4n) is 10.1. The SMILES string of the molecule is C=CC(=O)N1CC[C@H](C(=O)N(C)[C@H](C(=O)N[C@H]2Cc3cccc(c3)-c3ccc4c(c3)c(c3n4CCO[C@@H](C)c4ncccc4-3)CC(C)(C)COC(=O)[C@@H]3CCCN(N3)C2=O)C(C)C)C1. The maximum absolute atomic E-state index is 14.7. The minimum Gasteiger partial charge on any atom is -0.464 e. The number of hydrazine groups is 1. The summed E-state index contributed by atoms with van der Waals surface area (Å²) in [5.41, 5.74) is 10.6. The van der Waals surface area contributed by atoms with Gasteiger partial charge in [-0.05, 0) is 91.1 Å². The van der Waals surface area contributed by atoms with Crippen LogP contribution in [-0.4, -0.2) is 112 Å². The number of nitrogens with one attached hydrogen (secondary N) is 2. The number of ether oxygens (including phenoxy) is 2. The Morgan fingerprint density at radius 2 is 1.83 bits per heavy atom. The molecule has 4 aliphatic heterocycles. The van der Waals surface area contributed by atoms with Crippen LogP contribution in [0.25, 0.3) is 33.3 Å². The lowest BCUT2D eigenvalue weighted by Gasteiger charge is -2.37. The van der Waals surface area contributed by atoms with E-state index in [0.29, 0.717) is 51.9 Å². The average molecular weight is 872 g/mol. The molecule has 0 radical (unpaired) electrons. The van der Waals surface area contributed by atoms with E-state index in [1.54, 1.807) is 11.9 Å². The van der Waals surface area contributed by atoms with Crippen molar-refractivity contribution in [2.24, 2.45) is 17.3 Å². The molecule has 0 aliphatic carbocycles. The van der Waals surface area contributed by atoms with Crippen LogP contribution in [0.4, 0.5) is 0 Å². The first-order valence-corrected chi connectivity index (χ1v) is 22.7. The summed E-state index contributed by atoms with van der Waals surface area (Å²) >= 11 is 0. The second kappa shape index (κ2) is 18.3. The van der Waals surface area contributed by atoms with Crippen LogP contribution < -0.4 is 10.7 Å². The van der Waals surface area contributed by atoms with Gasteiger partial charge in [0.2, 0.25) is 17.7 Å². The molecule has 0 unspecified atom stereocenters. The lowest BCUT2D eigenvalue weighted by molar-refractivity contribution is -0.155. The highest BCUT2D eigenvalue weighted by atomic mass is 16.5. The number of nitrogens with zero attached hydrogens (tertiary/aromatic N) is 5. The molecule has 338 valence electrons. The number of cyclic esters (lactones) is 1. The van der Waals surface area contributed by atoms with Crippen molar-refractivity contribution in [3.63, 3.8) is 0 Å². The third-order valence-corrected chi connectivity index (χ3v) is 13.3. The van der Waals surface area contributed by atoms with Gasteiger partial charge in [-0.2, -0.15) is 0 Å². The Kier molecular flexibility index (Phi) is 12.8. The fraction of sp³-hybridized carbons (Fsp3) is 0.480. The van der Waals surface area contributed by atoms with Gasteiger partial charge in [0.25, 0.3) is 5.91 Å². The largest absolute Gasteiger partial charge is 0.464 e. The van der Waals surface area contributed by atoms with Gasteiger partial charge in [-0.25, -0.2) is 5.43 Å². The van der Waals surface area contributed by atoms with Crippen LogP contribution >= 0.6 is 0 Å². The van der Waals surface area contributed by atoms with Crippen molar-refractivity contribution in [1.29, 1.82) is 0 Å². The molecule has 14 heteroatoms. The molecule has 2 N–H and O–H groups in total. The monoisotopic (exact) mass is 871 g/mol. The van der Waals surface area contributed by atoms with Gasteiger partial charge in [-0.3, -0.25) is 34.0 Å². The summed E-state index contributed by atoms with van der Waals surface area (Å²) < 4.78 is 14.7. The van der Waals surface area contributed by atoms with Gasteiger partial charge < -0.3 is 29.2 Å². The van der Waals surface area contributed by atoms with Gasteiger partial charge in [0.15, 0.2) is 0 Å². The van der Waals surface area contributed by atoms with E-state index in [9.17, 15) is 24.0 Å². The summed E-state index contributed by atoms with van der Waals surface area (Å²) in [6.07, 6.45) is 5.14. The van der Waals surface area contributed by atoms with Crippen molar-refractivity contribution in [3.8, 4) is 22.4 Å². The fourth-order valence-corrected chi connectivity index (χ4v) is 10.1. The van der Waals surface area contributed by atoms with Gasteiger partial charge in [0, 0.05) is 67.7 Å². The zero-order valence-corrected chi connectivity index (χ0v) is 37.9. The molecule has 6 heterocycles. The number of amides is 4. The molecule has 0 spiro atoms. The highest BCUT2D eigenvalue weighted by Gasteiger charge is 2.40. The minimum atomic E-state index is -1.04. The molecule has 4 aromatic rings. The lowest BCUT2D eigenvalue weighted by Crippen LogP contribution is -2.62. The zero-order valence-electron chi connectivity index (χ0n) is 37.9. The number of rotatable bonds is 6. The minimum absolute atomic E-state index is 0.149. The predicted octanol–water partition coefficient (Wildman–Crippen LogP) is 5.63. The molecule has 5 atom stereocenters. The number of likely N-dealkylation sites (tertiary alicyclic amines) is 1. The maximum atomic E-state index is 14.7. The second-order valence-corrected chi connectivity index (χ2v) is 19.0. The van der Waals surface area contributed by atoms with Crippen molar-refractivity contribution < 1.29 is 33.4 Å². The first kappa shape index (κ1) is 44.7. The zero-order chi connectivity index (χ0) is 45.4. The first-order valence-electron chi connectivity index (χ1n) is 22.7. The van der Waals surface area contributed by atoms with Crippen molar-refractivity contribution in [2.45, 2.75) is 97.5 Å². The third-order valence-electron chi connectivity index (χ3n) is 13.3. The van der Waals surface area contributed by atoms with Crippen LogP contribution in [0.5, 0.6) is 0 Å². The number of fused-ring (bicyclic) bond motifs is 11. The van der Waals surface area contributed by atoms with Crippen LogP contribution in [0.3, 0.4) is 0 Å². The average Bonchev–Trinajstić information content (AvgIpc) is 3.89. The van der Waals surface area contributed by atoms with Crippen molar-refractivity contribution in [3.05, 3.63) is 90.3 Å². The Hall–Kier alpha value is -5.86. The lowest BCUT2D eigenvalue weighted by atomic mass is 9.84. The third kappa shape index (κ3) is 8.94. The summed E-state index contributed by atoms with van der Waals surface area (Å²) in [7, 11) is 1.61. The van der Waals surface area contributed by atoms with E-state index in [4.69, 9.17) is 14.5 Å². The van der Waals surface area contributed by atoms with E-state index in [-0.39, 0.29) is 43.4 Å². The number of hydrogen-bond donors (Lipinski definition) is 2. The van der Waals surface area contributed by atoms with E-state index in [1.165, 1.54) is 16.0 Å². The highest BCUT2D eigenvalue weighted by Crippen LogP contribution is 2.43. The van der Waals surface area contributed by atoms with Crippen LogP contribution in [0, 0.1) is 17.3 Å². The van der Waals surface area contributed by atoms with Gasteiger partial charge >= 0.3 is 5.97 Å². The smallest absolute Gasteiger partial charge is 0.324 e. The van der Waals surface area contributed by atoms with Crippen LogP contribution in [0.15, 0.2) is 73.4 Å². The Balaban J connectivity index is 1.17. The Bertz CT molecular complexity index is 2480. The molecule has 8 rings (SSSR count). The molecule has 2 saturated heterocycles. The van der Waals surface area contributed by atoms with Crippen LogP contribution in [-0.2, 0) is 52.8 Å². The molecule has 14 nitrogen and oxygen atoms in total. The number of benzene rings is 2. The summed E-state index contributed by atoms with van der Waals surface area (Å²) in [5.74, 6) is -2.54. The van der Waals surface area contributed by atoms with E-state index < -0.39 is 47.2 Å². The Morgan fingerprint density at radius 1 is 1.03 bits per heavy atom. The van der Waals surface area contributed by atoms with Gasteiger partial charge in [0.1, 0.15) is 18.1 Å². The summed E-state index contributed by atoms with van der Waals surface area (Å²) in [6, 6.07) is 15.9. The number of hydrogen-bond acceptors (Lipinski definition) is 9. The van der Waals surface area contributed by atoms with E-state index in [2.05, 4.69) is 72.1 Å². The van der Waals surface area contributed by atoms with E-state index >= 15 is 0 Å². The number of aromatic nitrogens is 2. The molecule has 64 heavy (non-hydrogen) atoms. The maximum Gasteiger partial charge on any atom is 0.324 e. The molecule has 2 fully saturated rings. The normalized spacial score (nSPS) is 22.9. The van der Waals surface area contributed by atoms with Crippen molar-refractivity contribution in [2.75, 3.05) is 39.9 Å². The molecule has 0 saturated carbocycles. The van der Waals surface area contributed by atoms with E-state index in [0.717, 1.165) is 50.1 Å². The topological polar surface area (TPSA) is 155 Å². The standard InChI is InChI=1S/C50H61N7O7/c1-8-42(58)55-21-18-35(28-55)47(60)54(7)44(30(2)3)46(59)52-40-25-32-12-9-13-33(24-32)34-16-17-41-37(26-34)38(45-36-14-10-19-51-43(36)31(4)63-23-22-56(41)45)27-50(5,6)29-64-49(62)39-15-11-20-57(53-39)48(40)61/h8-10,12-14,16-17,19,24,26,30-31,35,39-40,44,53H,1,11,15,18,20-23,25,27-29H2,2-7H3,(H,52,59)/t31-,35-,39-,40-,44-/m0/s1. The van der Waals surface area contributed by atoms with Gasteiger partial charge in [-0.1, -0.05) is 64.6 Å². The van der Waals surface area contributed by atoms with Crippen molar-refractivity contribution >= 4 is 40.5 Å². The summed E-state index contributed by atoms with van der Waals surface area (Å²) in [4.78, 5) is 77.1. The molecular weight excluding hydrogens is 811 g/mol. The van der Waals surface area contributed by atoms with Crippen LogP contribution in [0.2, 0.25) is 0 Å². The quantitative estimate of drug-likeness (QED) is 0.186. The highest BCUT2D eigenvalue weighted by molar-refractivity contribution is 5.96. The molecule has 2 aromatic heterocycles. The number of pyridine rings is 1. The van der Waals surface area contributed by atoms with Gasteiger partial charge in [0.05, 0.1) is 36.6 Å². The van der Waals surface area contributed by atoms with Gasteiger partial charge in [-0.15, -0.1) is 0 Å². The number of carbonyl (C=O) groups excluding carboxylic acids is 5. The first-order chi connectivity index (χ1) is 30.6. The molecular formula is C50H61N7O7. The Labute approximate surface area is 375 Å². The second-order valence-electron chi connectivity index (χ2n) is 19.0. The molecule has 4 aliphatic rings.